The molecule has 10 heteroatoms. The predicted molar refractivity (Wildman–Crippen MR) is 130 cm³/mol. The van der Waals surface area contributed by atoms with Crippen molar-refractivity contribution in [2.24, 2.45) is 0 Å². The highest BCUT2D eigenvalue weighted by Gasteiger charge is 2.48. The number of rotatable bonds is 6. The van der Waals surface area contributed by atoms with Gasteiger partial charge >= 0.3 is 6.03 Å². The number of carbonyl (C=O) groups is 2. The number of nitrogens with zero attached hydrogens (tertiary/aromatic N) is 3. The van der Waals surface area contributed by atoms with Crippen LogP contribution in [0.2, 0.25) is 0 Å². The molecule has 3 amide bonds. The number of carbonyl (C=O) groups excluding carboxylic acids is 2. The number of methoxy groups -OCH3 is 2. The molecule has 3 unspecified atom stereocenters. The van der Waals surface area contributed by atoms with E-state index in [1.54, 1.807) is 36.4 Å². The third kappa shape index (κ3) is 4.26. The molecule has 2 saturated heterocycles. The lowest BCUT2D eigenvalue weighted by Crippen LogP contribution is -2.54. The third-order valence-electron chi connectivity index (χ3n) is 6.83. The van der Waals surface area contributed by atoms with E-state index in [0.717, 1.165) is 6.42 Å². The second-order valence-electron chi connectivity index (χ2n) is 9.00. The fraction of sp³-hybridized carbons (Fsp3) is 0.360. The number of nitrogens with one attached hydrogen (secondary N) is 3. The van der Waals surface area contributed by atoms with Crippen LogP contribution in [-0.4, -0.2) is 59.8 Å². The monoisotopic (exact) mass is 478 g/mol. The van der Waals surface area contributed by atoms with Crippen molar-refractivity contribution in [1.82, 2.24) is 25.8 Å². The van der Waals surface area contributed by atoms with Gasteiger partial charge in [-0.05, 0) is 49.1 Å². The molecule has 10 nitrogen and oxygen atoms in total. The Hall–Kier alpha value is -3.76. The Labute approximate surface area is 204 Å². The van der Waals surface area contributed by atoms with Crippen LogP contribution in [0.1, 0.15) is 29.2 Å². The highest BCUT2D eigenvalue weighted by molar-refractivity contribution is 5.95. The van der Waals surface area contributed by atoms with Crippen molar-refractivity contribution < 1.29 is 19.1 Å². The summed E-state index contributed by atoms with van der Waals surface area (Å²) in [6.45, 7) is 4.09. The van der Waals surface area contributed by atoms with Crippen LogP contribution in [0, 0.1) is 13.8 Å². The van der Waals surface area contributed by atoms with Crippen LogP contribution in [0.15, 0.2) is 48.8 Å². The maximum absolute atomic E-state index is 13.0. The SMILES string of the molecule is COc1ccc(NC(=O)CN2NC3C4CC(c5ccc(C)c(C)c5)NN4C=CN3C2=O)cc1OC. The summed E-state index contributed by atoms with van der Waals surface area (Å²) >= 11 is 0. The van der Waals surface area contributed by atoms with Gasteiger partial charge in [-0.25, -0.2) is 20.7 Å². The van der Waals surface area contributed by atoms with Crippen molar-refractivity contribution in [3.05, 3.63) is 65.5 Å². The fourth-order valence-corrected chi connectivity index (χ4v) is 4.79. The van der Waals surface area contributed by atoms with E-state index in [1.807, 2.05) is 6.20 Å². The van der Waals surface area contributed by atoms with E-state index >= 15 is 0 Å². The Balaban J connectivity index is 1.24. The molecule has 3 atom stereocenters. The molecule has 3 aliphatic rings. The van der Waals surface area contributed by atoms with E-state index in [0.29, 0.717) is 17.2 Å². The average molecular weight is 479 g/mol. The van der Waals surface area contributed by atoms with Crippen LogP contribution in [0.25, 0.3) is 0 Å². The number of ether oxygens (including phenoxy) is 2. The molecule has 0 radical (unpaired) electrons. The van der Waals surface area contributed by atoms with Gasteiger partial charge in [-0.3, -0.25) is 9.69 Å². The summed E-state index contributed by atoms with van der Waals surface area (Å²) in [6.07, 6.45) is 4.18. The van der Waals surface area contributed by atoms with Crippen LogP contribution in [0.5, 0.6) is 11.5 Å². The van der Waals surface area contributed by atoms with Crippen LogP contribution < -0.4 is 25.6 Å². The van der Waals surface area contributed by atoms with Crippen molar-refractivity contribution in [2.45, 2.75) is 38.5 Å². The zero-order chi connectivity index (χ0) is 24.7. The Bertz CT molecular complexity index is 1180. The minimum atomic E-state index is -0.323. The van der Waals surface area contributed by atoms with E-state index in [2.05, 4.69) is 53.2 Å². The number of urea groups is 1. The first-order valence-electron chi connectivity index (χ1n) is 11.6. The Morgan fingerprint density at radius 1 is 1.03 bits per heavy atom. The van der Waals surface area contributed by atoms with Crippen LogP contribution in [0.4, 0.5) is 10.5 Å². The highest BCUT2D eigenvalue weighted by Crippen LogP contribution is 2.35. The lowest BCUT2D eigenvalue weighted by Gasteiger charge is -2.34. The topological polar surface area (TPSA) is 98.4 Å². The Morgan fingerprint density at radius 3 is 2.57 bits per heavy atom. The van der Waals surface area contributed by atoms with E-state index < -0.39 is 0 Å². The molecule has 3 N–H and O–H groups in total. The van der Waals surface area contributed by atoms with Crippen LogP contribution >= 0.6 is 0 Å². The molecule has 5 rings (SSSR count). The van der Waals surface area contributed by atoms with Crippen molar-refractivity contribution >= 4 is 17.6 Å². The first-order valence-corrected chi connectivity index (χ1v) is 11.6. The quantitative estimate of drug-likeness (QED) is 0.587. The van der Waals surface area contributed by atoms with E-state index in [-0.39, 0.29) is 36.7 Å². The second-order valence-corrected chi connectivity index (χ2v) is 9.00. The predicted octanol–water partition coefficient (Wildman–Crippen LogP) is 2.63. The number of hydrogen-bond acceptors (Lipinski definition) is 7. The molecule has 0 spiro atoms. The first-order chi connectivity index (χ1) is 16.9. The van der Waals surface area contributed by atoms with Crippen LogP contribution in [0.3, 0.4) is 0 Å². The van der Waals surface area contributed by atoms with Gasteiger partial charge in [0.1, 0.15) is 12.7 Å². The van der Waals surface area contributed by atoms with Gasteiger partial charge < -0.3 is 19.8 Å². The molecule has 0 aromatic heterocycles. The molecule has 35 heavy (non-hydrogen) atoms. The summed E-state index contributed by atoms with van der Waals surface area (Å²) in [7, 11) is 3.08. The van der Waals surface area contributed by atoms with Gasteiger partial charge in [0.2, 0.25) is 5.91 Å². The zero-order valence-corrected chi connectivity index (χ0v) is 20.2. The molecule has 184 valence electrons. The third-order valence-corrected chi connectivity index (χ3v) is 6.83. The molecular weight excluding hydrogens is 448 g/mol. The van der Waals surface area contributed by atoms with Crippen molar-refractivity contribution in [3.63, 3.8) is 0 Å². The lowest BCUT2D eigenvalue weighted by atomic mass is 9.97. The van der Waals surface area contributed by atoms with Crippen molar-refractivity contribution in [2.75, 3.05) is 26.1 Å². The Morgan fingerprint density at radius 2 is 1.83 bits per heavy atom. The lowest BCUT2D eigenvalue weighted by molar-refractivity contribution is -0.117. The maximum Gasteiger partial charge on any atom is 0.340 e. The van der Waals surface area contributed by atoms with Crippen LogP contribution in [-0.2, 0) is 4.79 Å². The Kier molecular flexibility index (Phi) is 6.00. The summed E-state index contributed by atoms with van der Waals surface area (Å²) in [5.74, 6) is 0.755. The van der Waals surface area contributed by atoms with Gasteiger partial charge in [0.15, 0.2) is 11.5 Å². The van der Waals surface area contributed by atoms with Gasteiger partial charge in [0, 0.05) is 24.2 Å². The molecule has 0 aliphatic carbocycles. The second kappa shape index (κ2) is 9.12. The van der Waals surface area contributed by atoms with E-state index in [9.17, 15) is 9.59 Å². The van der Waals surface area contributed by atoms with Gasteiger partial charge in [-0.1, -0.05) is 18.2 Å². The highest BCUT2D eigenvalue weighted by atomic mass is 16.5. The van der Waals surface area contributed by atoms with E-state index in [1.165, 1.54) is 28.8 Å². The van der Waals surface area contributed by atoms with Gasteiger partial charge in [0.05, 0.1) is 26.3 Å². The molecule has 0 saturated carbocycles. The minimum absolute atomic E-state index is 0.0227. The first kappa shape index (κ1) is 23.0. The zero-order valence-electron chi connectivity index (χ0n) is 20.2. The minimum Gasteiger partial charge on any atom is -0.493 e. The van der Waals surface area contributed by atoms with Crippen molar-refractivity contribution in [3.8, 4) is 11.5 Å². The summed E-state index contributed by atoms with van der Waals surface area (Å²) < 4.78 is 10.5. The van der Waals surface area contributed by atoms with Gasteiger partial charge in [-0.15, -0.1) is 0 Å². The summed E-state index contributed by atoms with van der Waals surface area (Å²) in [5.41, 5.74) is 11.1. The fourth-order valence-electron chi connectivity index (χ4n) is 4.79. The summed E-state index contributed by atoms with van der Waals surface area (Å²) in [6, 6.07) is 11.5. The summed E-state index contributed by atoms with van der Waals surface area (Å²) in [4.78, 5) is 27.4. The van der Waals surface area contributed by atoms with Gasteiger partial charge in [-0.2, -0.15) is 0 Å². The van der Waals surface area contributed by atoms with Crippen molar-refractivity contribution in [1.29, 1.82) is 0 Å². The number of fused-ring (bicyclic) bond motifs is 3. The molecule has 2 fully saturated rings. The molecule has 2 aromatic carbocycles. The summed E-state index contributed by atoms with van der Waals surface area (Å²) in [5, 5.41) is 6.22. The molecule has 3 heterocycles. The molecule has 2 aromatic rings. The number of aryl methyl sites for hydroxylation is 2. The molecular formula is C25H30N6O4. The average Bonchev–Trinajstić information content (AvgIpc) is 3.42. The normalized spacial score (nSPS) is 22.8. The maximum atomic E-state index is 13.0. The smallest absolute Gasteiger partial charge is 0.340 e. The number of hydrogen-bond donors (Lipinski definition) is 3. The number of anilines is 1. The number of amides is 3. The number of benzene rings is 2. The largest absolute Gasteiger partial charge is 0.493 e. The van der Waals surface area contributed by atoms with Gasteiger partial charge in [0.25, 0.3) is 0 Å². The van der Waals surface area contributed by atoms with E-state index in [4.69, 9.17) is 9.47 Å². The standard InChI is InChI=1S/C25H30N6O4/c1-15-5-6-17(11-16(15)2)19-13-20-24-28-31(25(33)29(24)9-10-30(20)27-19)14-23(32)26-18-7-8-21(34-3)22(12-18)35-4/h5-12,19-20,24,27-28H,13-14H2,1-4H3,(H,26,32). The number of hydrazine groups is 2. The molecule has 0 bridgehead atoms. The molecule has 3 aliphatic heterocycles.